The zero-order valence-electron chi connectivity index (χ0n) is 5.70. The van der Waals surface area contributed by atoms with Crippen LogP contribution in [0.4, 0.5) is 4.39 Å². The number of halogens is 1. The summed E-state index contributed by atoms with van der Waals surface area (Å²) in [5.41, 5.74) is 0. The van der Waals surface area contributed by atoms with Crippen molar-refractivity contribution >= 4 is 0 Å². The minimum absolute atomic E-state index is 0.102. The van der Waals surface area contributed by atoms with Crippen LogP contribution in [-0.4, -0.2) is 0 Å². The van der Waals surface area contributed by atoms with Gasteiger partial charge in [0, 0.05) is 5.92 Å². The van der Waals surface area contributed by atoms with Gasteiger partial charge in [-0.25, -0.2) is 4.39 Å². The highest BCUT2D eigenvalue weighted by molar-refractivity contribution is 4.90. The topological polar surface area (TPSA) is 0 Å². The largest absolute Gasteiger partial charge is 0.212 e. The lowest BCUT2D eigenvalue weighted by atomic mass is 9.89. The molecule has 1 aliphatic carbocycles. The molecule has 0 unspecified atom stereocenters. The quantitative estimate of drug-likeness (QED) is 0.509. The van der Waals surface area contributed by atoms with Gasteiger partial charge in [-0.1, -0.05) is 25.8 Å². The van der Waals surface area contributed by atoms with Crippen LogP contribution in [0.15, 0.2) is 12.4 Å². The van der Waals surface area contributed by atoms with Crippen LogP contribution in [0.3, 0.4) is 0 Å². The van der Waals surface area contributed by atoms with Crippen LogP contribution in [0.1, 0.15) is 32.1 Å². The maximum atomic E-state index is 12.4. The molecule has 0 N–H and O–H groups in total. The molecule has 0 aromatic rings. The third-order valence-corrected chi connectivity index (χ3v) is 2.05. The molecule has 0 radical (unpaired) electrons. The molecular weight excluding hydrogens is 115 g/mol. The van der Waals surface area contributed by atoms with E-state index in [1.165, 1.54) is 19.3 Å². The average molecular weight is 128 g/mol. The van der Waals surface area contributed by atoms with Crippen LogP contribution in [0.2, 0.25) is 0 Å². The van der Waals surface area contributed by atoms with Gasteiger partial charge in [0.2, 0.25) is 0 Å². The molecule has 0 heterocycles. The molecule has 52 valence electrons. The van der Waals surface area contributed by atoms with E-state index in [0.717, 1.165) is 12.8 Å². The lowest BCUT2D eigenvalue weighted by molar-refractivity contribution is 0.349. The van der Waals surface area contributed by atoms with Gasteiger partial charge < -0.3 is 0 Å². The van der Waals surface area contributed by atoms with Crippen LogP contribution < -0.4 is 0 Å². The van der Waals surface area contributed by atoms with Crippen LogP contribution in [0.5, 0.6) is 0 Å². The summed E-state index contributed by atoms with van der Waals surface area (Å²) in [6.07, 6.45) is 5.70. The molecule has 1 rings (SSSR count). The second kappa shape index (κ2) is 3.00. The first kappa shape index (κ1) is 6.79. The fourth-order valence-electron chi connectivity index (χ4n) is 1.42. The maximum Gasteiger partial charge on any atom is 0.0958 e. The van der Waals surface area contributed by atoms with Gasteiger partial charge in [0.05, 0.1) is 5.83 Å². The molecule has 1 fully saturated rings. The van der Waals surface area contributed by atoms with E-state index in [1.54, 1.807) is 0 Å². The summed E-state index contributed by atoms with van der Waals surface area (Å²) >= 11 is 0. The zero-order valence-corrected chi connectivity index (χ0v) is 5.70. The molecule has 1 saturated carbocycles. The third-order valence-electron chi connectivity index (χ3n) is 2.05. The number of hydrogen-bond donors (Lipinski definition) is 0. The molecule has 0 aromatic heterocycles. The smallest absolute Gasteiger partial charge is 0.0958 e. The highest BCUT2D eigenvalue weighted by Crippen LogP contribution is 2.28. The Morgan fingerprint density at radius 2 is 1.78 bits per heavy atom. The molecule has 1 aliphatic rings. The Balaban J connectivity index is 2.31. The second-order valence-corrected chi connectivity index (χ2v) is 2.78. The van der Waals surface area contributed by atoms with Crippen molar-refractivity contribution < 1.29 is 4.39 Å². The molecular formula is C8H13F. The lowest BCUT2D eigenvalue weighted by Gasteiger charge is -2.18. The molecule has 0 saturated heterocycles. The van der Waals surface area contributed by atoms with Crippen molar-refractivity contribution in [2.24, 2.45) is 5.92 Å². The first-order chi connectivity index (χ1) is 4.30. The molecule has 1 heteroatoms. The zero-order chi connectivity index (χ0) is 6.69. The van der Waals surface area contributed by atoms with Crippen LogP contribution in [0, 0.1) is 5.92 Å². The van der Waals surface area contributed by atoms with E-state index < -0.39 is 0 Å². The molecule has 0 nitrogen and oxygen atoms in total. The second-order valence-electron chi connectivity index (χ2n) is 2.78. The first-order valence-electron chi connectivity index (χ1n) is 3.65. The maximum absolute atomic E-state index is 12.4. The molecule has 0 atom stereocenters. The van der Waals surface area contributed by atoms with Crippen molar-refractivity contribution in [3.63, 3.8) is 0 Å². The monoisotopic (exact) mass is 128 g/mol. The Labute approximate surface area is 55.8 Å². The van der Waals surface area contributed by atoms with Gasteiger partial charge in [0.25, 0.3) is 0 Å². The summed E-state index contributed by atoms with van der Waals surface area (Å²) < 4.78 is 12.4. The Bertz CT molecular complexity index is 101. The van der Waals surface area contributed by atoms with Gasteiger partial charge in [-0.2, -0.15) is 0 Å². The van der Waals surface area contributed by atoms with Gasteiger partial charge in [0.1, 0.15) is 0 Å². The molecule has 0 aromatic carbocycles. The van der Waals surface area contributed by atoms with E-state index in [-0.39, 0.29) is 11.7 Å². The van der Waals surface area contributed by atoms with E-state index in [2.05, 4.69) is 6.58 Å². The molecule has 0 aliphatic heterocycles. The predicted molar refractivity (Wildman–Crippen MR) is 36.8 cm³/mol. The standard InChI is InChI=1S/C8H13F/c1-7(9)8-5-3-2-4-6-8/h8H,1-6H2. The Kier molecular flexibility index (Phi) is 2.26. The molecule has 0 bridgehead atoms. The Morgan fingerprint density at radius 3 is 2.11 bits per heavy atom. The van der Waals surface area contributed by atoms with Gasteiger partial charge >= 0.3 is 0 Å². The van der Waals surface area contributed by atoms with Gasteiger partial charge in [-0.3, -0.25) is 0 Å². The third kappa shape index (κ3) is 1.81. The summed E-state index contributed by atoms with van der Waals surface area (Å²) in [6.45, 7) is 3.31. The average Bonchev–Trinajstić information content (AvgIpc) is 1.90. The predicted octanol–water partition coefficient (Wildman–Crippen LogP) is 3.05. The van der Waals surface area contributed by atoms with Crippen molar-refractivity contribution in [1.29, 1.82) is 0 Å². The summed E-state index contributed by atoms with van der Waals surface area (Å²) in [6, 6.07) is 0. The number of rotatable bonds is 1. The van der Waals surface area contributed by atoms with E-state index in [1.807, 2.05) is 0 Å². The van der Waals surface area contributed by atoms with Gasteiger partial charge in [-0.15, -0.1) is 0 Å². The van der Waals surface area contributed by atoms with Crippen molar-refractivity contribution in [3.05, 3.63) is 12.4 Å². The SMILES string of the molecule is C=C(F)C1CCCCC1. The first-order valence-corrected chi connectivity index (χ1v) is 3.65. The summed E-state index contributed by atoms with van der Waals surface area (Å²) in [5.74, 6) is 0.0912. The van der Waals surface area contributed by atoms with Crippen molar-refractivity contribution in [1.82, 2.24) is 0 Å². The fourth-order valence-corrected chi connectivity index (χ4v) is 1.42. The number of hydrogen-bond acceptors (Lipinski definition) is 0. The normalized spacial score (nSPS) is 21.9. The molecule has 0 amide bonds. The summed E-state index contributed by atoms with van der Waals surface area (Å²) in [4.78, 5) is 0. The van der Waals surface area contributed by atoms with Crippen molar-refractivity contribution in [2.45, 2.75) is 32.1 Å². The van der Waals surface area contributed by atoms with Crippen LogP contribution in [0.25, 0.3) is 0 Å². The van der Waals surface area contributed by atoms with E-state index in [0.29, 0.717) is 0 Å². The van der Waals surface area contributed by atoms with E-state index in [4.69, 9.17) is 0 Å². The molecule has 0 spiro atoms. The fraction of sp³-hybridized carbons (Fsp3) is 0.750. The van der Waals surface area contributed by atoms with Crippen molar-refractivity contribution in [3.8, 4) is 0 Å². The van der Waals surface area contributed by atoms with Crippen LogP contribution >= 0.6 is 0 Å². The summed E-state index contributed by atoms with van der Waals surface area (Å²) in [7, 11) is 0. The van der Waals surface area contributed by atoms with E-state index in [9.17, 15) is 4.39 Å². The highest BCUT2D eigenvalue weighted by atomic mass is 19.1. The van der Waals surface area contributed by atoms with E-state index >= 15 is 0 Å². The van der Waals surface area contributed by atoms with Crippen molar-refractivity contribution in [2.75, 3.05) is 0 Å². The van der Waals surface area contributed by atoms with Gasteiger partial charge in [0.15, 0.2) is 0 Å². The minimum Gasteiger partial charge on any atom is -0.212 e. The van der Waals surface area contributed by atoms with Gasteiger partial charge in [-0.05, 0) is 12.8 Å². The Hall–Kier alpha value is -0.330. The lowest BCUT2D eigenvalue weighted by Crippen LogP contribution is -2.05. The minimum atomic E-state index is -0.102. The Morgan fingerprint density at radius 1 is 1.22 bits per heavy atom. The summed E-state index contributed by atoms with van der Waals surface area (Å²) in [5, 5.41) is 0. The molecule has 9 heavy (non-hydrogen) atoms. The highest BCUT2D eigenvalue weighted by Gasteiger charge is 2.15. The number of allylic oxidation sites excluding steroid dienone is 1. The van der Waals surface area contributed by atoms with Crippen LogP contribution in [-0.2, 0) is 0 Å².